The fourth-order valence-corrected chi connectivity index (χ4v) is 2.85. The fraction of sp³-hybridized carbons (Fsp3) is 0.500. The molecule has 0 aliphatic heterocycles. The Morgan fingerprint density at radius 2 is 1.89 bits per heavy atom. The van der Waals surface area contributed by atoms with Crippen molar-refractivity contribution in [2.75, 3.05) is 18.5 Å². The Hall–Kier alpha value is -1.15. The third-order valence-electron chi connectivity index (χ3n) is 2.82. The average molecular weight is 286 g/mol. The van der Waals surface area contributed by atoms with E-state index in [1.807, 2.05) is 0 Å². The molecule has 4 N–H and O–H groups in total. The quantitative estimate of drug-likeness (QED) is 0.561. The SMILES string of the molecule is O=S(=O)(NC1CC1)c1ccc(NCC(O)CO)cc1. The molecule has 0 bridgehead atoms. The van der Waals surface area contributed by atoms with Gasteiger partial charge in [-0.15, -0.1) is 0 Å². The molecule has 0 spiro atoms. The Labute approximate surface area is 112 Å². The Balaban J connectivity index is 1.97. The summed E-state index contributed by atoms with van der Waals surface area (Å²) in [6.07, 6.45) is 0.968. The summed E-state index contributed by atoms with van der Waals surface area (Å²) in [6.45, 7) is -0.103. The zero-order chi connectivity index (χ0) is 13.9. The summed E-state index contributed by atoms with van der Waals surface area (Å²) < 4.78 is 26.4. The van der Waals surface area contributed by atoms with Crippen molar-refractivity contribution in [3.63, 3.8) is 0 Å². The molecule has 1 aromatic carbocycles. The lowest BCUT2D eigenvalue weighted by molar-refractivity contribution is 0.105. The van der Waals surface area contributed by atoms with Crippen molar-refractivity contribution in [2.24, 2.45) is 0 Å². The third-order valence-corrected chi connectivity index (χ3v) is 4.35. The number of aliphatic hydroxyl groups is 2. The standard InChI is InChI=1S/C12H18N2O4S/c15-8-11(16)7-13-9-3-5-12(6-4-9)19(17,18)14-10-1-2-10/h3-6,10-11,13-16H,1-2,7-8H2. The van der Waals surface area contributed by atoms with E-state index in [4.69, 9.17) is 5.11 Å². The summed E-state index contributed by atoms with van der Waals surface area (Å²) in [6, 6.07) is 6.37. The predicted molar refractivity (Wildman–Crippen MR) is 71.4 cm³/mol. The summed E-state index contributed by atoms with van der Waals surface area (Å²) in [5.74, 6) is 0. The molecule has 2 rings (SSSR count). The molecule has 1 fully saturated rings. The molecule has 1 saturated carbocycles. The van der Waals surface area contributed by atoms with Gasteiger partial charge in [-0.25, -0.2) is 13.1 Å². The van der Waals surface area contributed by atoms with Crippen molar-refractivity contribution in [3.05, 3.63) is 24.3 Å². The number of nitrogens with one attached hydrogen (secondary N) is 2. The van der Waals surface area contributed by atoms with Crippen LogP contribution >= 0.6 is 0 Å². The summed E-state index contributed by atoms with van der Waals surface area (Å²) in [4.78, 5) is 0.229. The lowest BCUT2D eigenvalue weighted by Gasteiger charge is -2.11. The van der Waals surface area contributed by atoms with Gasteiger partial charge in [-0.1, -0.05) is 0 Å². The van der Waals surface area contributed by atoms with E-state index in [1.54, 1.807) is 12.1 Å². The van der Waals surface area contributed by atoms with Gasteiger partial charge in [-0.05, 0) is 37.1 Å². The number of aliphatic hydroxyl groups excluding tert-OH is 2. The van der Waals surface area contributed by atoms with Crippen molar-refractivity contribution in [1.29, 1.82) is 0 Å². The van der Waals surface area contributed by atoms with Gasteiger partial charge in [0.05, 0.1) is 17.6 Å². The molecule has 106 valence electrons. The summed E-state index contributed by atoms with van der Waals surface area (Å²) >= 11 is 0. The van der Waals surface area contributed by atoms with Crippen molar-refractivity contribution in [1.82, 2.24) is 4.72 Å². The number of rotatable bonds is 7. The molecule has 1 aliphatic carbocycles. The van der Waals surface area contributed by atoms with Gasteiger partial charge < -0.3 is 15.5 Å². The second-order valence-corrected chi connectivity index (χ2v) is 6.35. The normalized spacial score (nSPS) is 17.2. The largest absolute Gasteiger partial charge is 0.394 e. The molecule has 19 heavy (non-hydrogen) atoms. The maximum atomic E-state index is 11.9. The van der Waals surface area contributed by atoms with E-state index in [2.05, 4.69) is 10.0 Å². The number of hydrogen-bond donors (Lipinski definition) is 4. The van der Waals surface area contributed by atoms with Crippen LogP contribution in [0, 0.1) is 0 Å². The monoisotopic (exact) mass is 286 g/mol. The zero-order valence-corrected chi connectivity index (χ0v) is 11.2. The van der Waals surface area contributed by atoms with Crippen LogP contribution in [0.3, 0.4) is 0 Å². The van der Waals surface area contributed by atoms with Crippen molar-refractivity contribution >= 4 is 15.7 Å². The minimum atomic E-state index is -3.42. The highest BCUT2D eigenvalue weighted by Gasteiger charge is 2.27. The van der Waals surface area contributed by atoms with Gasteiger partial charge in [0.15, 0.2) is 0 Å². The highest BCUT2D eigenvalue weighted by atomic mass is 32.2. The molecule has 0 radical (unpaired) electrons. The van der Waals surface area contributed by atoms with Crippen LogP contribution in [0.25, 0.3) is 0 Å². The predicted octanol–water partition coefficient (Wildman–Crippen LogP) is -0.108. The van der Waals surface area contributed by atoms with Crippen LogP contribution in [0.15, 0.2) is 29.2 Å². The third kappa shape index (κ3) is 4.17. The number of sulfonamides is 1. The van der Waals surface area contributed by atoms with Gasteiger partial charge in [0.2, 0.25) is 10.0 Å². The molecule has 0 amide bonds. The van der Waals surface area contributed by atoms with Crippen LogP contribution < -0.4 is 10.0 Å². The summed E-state index contributed by atoms with van der Waals surface area (Å²) in [7, 11) is -3.42. The highest BCUT2D eigenvalue weighted by molar-refractivity contribution is 7.89. The first-order chi connectivity index (χ1) is 9.01. The van der Waals surface area contributed by atoms with Crippen LogP contribution in [-0.4, -0.2) is 43.9 Å². The Morgan fingerprint density at radius 3 is 2.42 bits per heavy atom. The van der Waals surface area contributed by atoms with Gasteiger partial charge in [0.25, 0.3) is 0 Å². The molecule has 6 nitrogen and oxygen atoms in total. The Kier molecular flexibility index (Phi) is 4.41. The van der Waals surface area contributed by atoms with E-state index >= 15 is 0 Å². The number of anilines is 1. The molecule has 0 aromatic heterocycles. The smallest absolute Gasteiger partial charge is 0.240 e. The molecule has 0 heterocycles. The summed E-state index contributed by atoms with van der Waals surface area (Å²) in [5, 5.41) is 20.8. The first kappa shape index (κ1) is 14.3. The molecule has 7 heteroatoms. The minimum Gasteiger partial charge on any atom is -0.394 e. The second kappa shape index (κ2) is 5.87. The highest BCUT2D eigenvalue weighted by Crippen LogP contribution is 2.22. The van der Waals surface area contributed by atoms with Gasteiger partial charge in [0, 0.05) is 18.3 Å². The van der Waals surface area contributed by atoms with E-state index in [-0.39, 0.29) is 24.1 Å². The molecule has 1 aliphatic rings. The van der Waals surface area contributed by atoms with Crippen molar-refractivity contribution in [2.45, 2.75) is 29.9 Å². The van der Waals surface area contributed by atoms with E-state index in [9.17, 15) is 13.5 Å². The molecule has 1 aromatic rings. The molecular formula is C12H18N2O4S. The number of hydrogen-bond acceptors (Lipinski definition) is 5. The van der Waals surface area contributed by atoms with Crippen LogP contribution in [0.5, 0.6) is 0 Å². The van der Waals surface area contributed by atoms with E-state index in [0.29, 0.717) is 5.69 Å². The van der Waals surface area contributed by atoms with E-state index < -0.39 is 16.1 Å². The zero-order valence-electron chi connectivity index (χ0n) is 10.4. The Morgan fingerprint density at radius 1 is 1.26 bits per heavy atom. The van der Waals surface area contributed by atoms with E-state index in [0.717, 1.165) is 12.8 Å². The lowest BCUT2D eigenvalue weighted by atomic mass is 10.3. The minimum absolute atomic E-state index is 0.0857. The van der Waals surface area contributed by atoms with Crippen LogP contribution in [-0.2, 0) is 10.0 Å². The van der Waals surface area contributed by atoms with Gasteiger partial charge in [-0.2, -0.15) is 0 Å². The van der Waals surface area contributed by atoms with Crippen molar-refractivity contribution < 1.29 is 18.6 Å². The molecular weight excluding hydrogens is 268 g/mol. The van der Waals surface area contributed by atoms with Crippen LogP contribution in [0.2, 0.25) is 0 Å². The first-order valence-corrected chi connectivity index (χ1v) is 7.65. The molecule has 0 saturated heterocycles. The maximum absolute atomic E-state index is 11.9. The topological polar surface area (TPSA) is 98.7 Å². The fourth-order valence-electron chi connectivity index (χ4n) is 1.54. The van der Waals surface area contributed by atoms with Gasteiger partial charge >= 0.3 is 0 Å². The van der Waals surface area contributed by atoms with Crippen molar-refractivity contribution in [3.8, 4) is 0 Å². The molecule has 1 unspecified atom stereocenters. The van der Waals surface area contributed by atoms with Gasteiger partial charge in [0.1, 0.15) is 0 Å². The summed E-state index contributed by atoms with van der Waals surface area (Å²) in [5.41, 5.74) is 0.692. The Bertz CT molecular complexity index is 511. The van der Waals surface area contributed by atoms with Crippen LogP contribution in [0.1, 0.15) is 12.8 Å². The molecule has 1 atom stereocenters. The van der Waals surface area contributed by atoms with Gasteiger partial charge in [-0.3, -0.25) is 0 Å². The maximum Gasteiger partial charge on any atom is 0.240 e. The lowest BCUT2D eigenvalue weighted by Crippen LogP contribution is -2.25. The number of benzene rings is 1. The average Bonchev–Trinajstić information content (AvgIpc) is 3.19. The van der Waals surface area contributed by atoms with Crippen LogP contribution in [0.4, 0.5) is 5.69 Å². The second-order valence-electron chi connectivity index (χ2n) is 4.64. The van der Waals surface area contributed by atoms with E-state index in [1.165, 1.54) is 12.1 Å². The first-order valence-electron chi connectivity index (χ1n) is 6.16.